The monoisotopic (exact) mass is 1120 g/mol. The molecular weight excluding hydrogens is 985 g/mol. The van der Waals surface area contributed by atoms with Gasteiger partial charge in [-0.25, -0.2) is 0 Å². The van der Waals surface area contributed by atoms with Gasteiger partial charge in [-0.05, 0) is 77.0 Å². The molecule has 470 valence electrons. The molecule has 6 nitrogen and oxygen atoms in total. The van der Waals surface area contributed by atoms with Crippen LogP contribution in [0.4, 0.5) is 0 Å². The molecular formula is C74H138O6. The molecule has 6 heteroatoms. The number of allylic oxidation sites excluding steroid dienone is 6. The topological polar surface area (TPSA) is 78.9 Å². The number of esters is 3. The van der Waals surface area contributed by atoms with Gasteiger partial charge in [0.15, 0.2) is 6.10 Å². The highest BCUT2D eigenvalue weighted by Crippen LogP contribution is 2.19. The number of unbranched alkanes of at least 4 members (excludes halogenated alkanes) is 50. The van der Waals surface area contributed by atoms with E-state index < -0.39 is 6.10 Å². The maximum absolute atomic E-state index is 12.9. The molecule has 0 N–H and O–H groups in total. The van der Waals surface area contributed by atoms with Gasteiger partial charge < -0.3 is 14.2 Å². The van der Waals surface area contributed by atoms with Crippen LogP contribution in [-0.2, 0) is 28.6 Å². The Kier molecular flexibility index (Phi) is 67.1. The Balaban J connectivity index is 4.23. The third-order valence-corrected chi connectivity index (χ3v) is 16.4. The first kappa shape index (κ1) is 77.6. The molecule has 0 heterocycles. The Morgan fingerprint density at radius 3 is 0.713 bits per heavy atom. The quantitative estimate of drug-likeness (QED) is 0.0261. The van der Waals surface area contributed by atoms with E-state index >= 15 is 0 Å². The van der Waals surface area contributed by atoms with Gasteiger partial charge in [-0.15, -0.1) is 0 Å². The molecule has 0 radical (unpaired) electrons. The van der Waals surface area contributed by atoms with E-state index in [1.165, 1.54) is 283 Å². The van der Waals surface area contributed by atoms with E-state index in [2.05, 4.69) is 57.2 Å². The summed E-state index contributed by atoms with van der Waals surface area (Å²) >= 11 is 0. The number of ether oxygens (including phenoxy) is 3. The second-order valence-electron chi connectivity index (χ2n) is 24.5. The first-order valence-electron chi connectivity index (χ1n) is 36.0. The standard InChI is InChI=1S/C74H138O6/c1-4-7-10-13-16-19-22-25-28-31-33-34-35-36-37-38-39-40-41-42-44-46-49-52-55-58-61-64-67-73(76)79-70-71(69-78-72(75)66-63-60-57-54-51-48-45-30-27-24-21-18-15-12-9-6-3)80-74(77)68-65-62-59-56-53-50-47-43-32-29-26-23-20-17-14-11-8-5-2/h20,23,29-30,32,45,71H,4-19,21-22,24-28,31,33-44,46-70H2,1-3H3/b23-20-,32-29-,45-30-. The van der Waals surface area contributed by atoms with Crippen molar-refractivity contribution >= 4 is 17.9 Å². The molecule has 0 aromatic heterocycles. The molecule has 0 aliphatic rings. The molecule has 0 fully saturated rings. The minimum Gasteiger partial charge on any atom is -0.462 e. The number of carbonyl (C=O) groups is 3. The molecule has 0 saturated heterocycles. The summed E-state index contributed by atoms with van der Waals surface area (Å²) in [5, 5.41) is 0. The highest BCUT2D eigenvalue weighted by atomic mass is 16.6. The van der Waals surface area contributed by atoms with Crippen LogP contribution in [0.5, 0.6) is 0 Å². The van der Waals surface area contributed by atoms with Gasteiger partial charge in [0.1, 0.15) is 13.2 Å². The predicted octanol–water partition coefficient (Wildman–Crippen LogP) is 24.7. The minimum absolute atomic E-state index is 0.0735. The molecule has 0 aliphatic carbocycles. The summed E-state index contributed by atoms with van der Waals surface area (Å²) in [6.45, 7) is 6.68. The maximum atomic E-state index is 12.9. The van der Waals surface area contributed by atoms with Crippen molar-refractivity contribution in [3.05, 3.63) is 36.5 Å². The fourth-order valence-corrected chi connectivity index (χ4v) is 10.9. The SMILES string of the molecule is CCCCCC/C=C\C/C=C\CCCCCCCCCC(=O)OC(COC(=O)CCCCCCC/C=C\CCCCCCCCC)COC(=O)CCCCCCCCCCCCCCCCCCCCCCCCCCCCCC. The van der Waals surface area contributed by atoms with Gasteiger partial charge in [-0.1, -0.05) is 340 Å². The normalized spacial score (nSPS) is 12.2. The van der Waals surface area contributed by atoms with E-state index in [0.717, 1.165) is 77.0 Å². The first-order valence-corrected chi connectivity index (χ1v) is 36.0. The molecule has 0 bridgehead atoms. The predicted molar refractivity (Wildman–Crippen MR) is 349 cm³/mol. The van der Waals surface area contributed by atoms with Gasteiger partial charge in [-0.3, -0.25) is 14.4 Å². The second kappa shape index (κ2) is 69.1. The largest absolute Gasteiger partial charge is 0.462 e. The van der Waals surface area contributed by atoms with Crippen molar-refractivity contribution in [2.75, 3.05) is 13.2 Å². The molecule has 0 saturated carbocycles. The number of rotatable bonds is 67. The van der Waals surface area contributed by atoms with Crippen LogP contribution >= 0.6 is 0 Å². The summed E-state index contributed by atoms with van der Waals surface area (Å²) in [6.07, 6.45) is 86.1. The highest BCUT2D eigenvalue weighted by molar-refractivity contribution is 5.71. The zero-order valence-electron chi connectivity index (χ0n) is 54.1. The van der Waals surface area contributed by atoms with Gasteiger partial charge in [0.05, 0.1) is 0 Å². The number of hydrogen-bond acceptors (Lipinski definition) is 6. The lowest BCUT2D eigenvalue weighted by Crippen LogP contribution is -2.30. The van der Waals surface area contributed by atoms with Crippen molar-refractivity contribution in [2.24, 2.45) is 0 Å². The molecule has 1 unspecified atom stereocenters. The summed E-state index contributed by atoms with van der Waals surface area (Å²) in [5.41, 5.74) is 0. The van der Waals surface area contributed by atoms with Gasteiger partial charge in [0, 0.05) is 19.3 Å². The van der Waals surface area contributed by atoms with Crippen LogP contribution in [0.2, 0.25) is 0 Å². The molecule has 0 aliphatic heterocycles. The van der Waals surface area contributed by atoms with Crippen LogP contribution in [0, 0.1) is 0 Å². The smallest absolute Gasteiger partial charge is 0.306 e. The Labute approximate surface area is 499 Å². The third-order valence-electron chi connectivity index (χ3n) is 16.4. The highest BCUT2D eigenvalue weighted by Gasteiger charge is 2.19. The van der Waals surface area contributed by atoms with Crippen LogP contribution in [0.15, 0.2) is 36.5 Å². The van der Waals surface area contributed by atoms with E-state index in [1.807, 2.05) is 0 Å². The Morgan fingerprint density at radius 2 is 0.450 bits per heavy atom. The van der Waals surface area contributed by atoms with Crippen molar-refractivity contribution in [3.63, 3.8) is 0 Å². The van der Waals surface area contributed by atoms with Crippen molar-refractivity contribution in [1.82, 2.24) is 0 Å². The van der Waals surface area contributed by atoms with E-state index in [1.54, 1.807) is 0 Å². The van der Waals surface area contributed by atoms with Gasteiger partial charge >= 0.3 is 17.9 Å². The van der Waals surface area contributed by atoms with Crippen molar-refractivity contribution in [1.29, 1.82) is 0 Å². The maximum Gasteiger partial charge on any atom is 0.306 e. The van der Waals surface area contributed by atoms with E-state index in [4.69, 9.17) is 14.2 Å². The molecule has 0 aromatic rings. The third kappa shape index (κ3) is 66.4. The minimum atomic E-state index is -0.779. The van der Waals surface area contributed by atoms with Crippen molar-refractivity contribution < 1.29 is 28.6 Å². The zero-order valence-corrected chi connectivity index (χ0v) is 54.1. The van der Waals surface area contributed by atoms with Crippen molar-refractivity contribution in [2.45, 2.75) is 406 Å². The average Bonchev–Trinajstić information content (AvgIpc) is 3.46. The van der Waals surface area contributed by atoms with E-state index in [0.29, 0.717) is 19.3 Å². The fourth-order valence-electron chi connectivity index (χ4n) is 10.9. The summed E-state index contributed by atoms with van der Waals surface area (Å²) in [5.74, 6) is -0.862. The van der Waals surface area contributed by atoms with E-state index in [-0.39, 0.29) is 31.1 Å². The van der Waals surface area contributed by atoms with Crippen LogP contribution in [0.3, 0.4) is 0 Å². The van der Waals surface area contributed by atoms with Crippen LogP contribution in [-0.4, -0.2) is 37.2 Å². The summed E-state index contributed by atoms with van der Waals surface area (Å²) in [4.78, 5) is 38.4. The molecule has 1 atom stereocenters. The molecule has 0 amide bonds. The Morgan fingerprint density at radius 1 is 0.250 bits per heavy atom. The van der Waals surface area contributed by atoms with Crippen molar-refractivity contribution in [3.8, 4) is 0 Å². The van der Waals surface area contributed by atoms with Crippen LogP contribution < -0.4 is 0 Å². The lowest BCUT2D eigenvalue weighted by atomic mass is 10.0. The Hall–Kier alpha value is -2.37. The Bertz CT molecular complexity index is 1340. The summed E-state index contributed by atoms with van der Waals surface area (Å²) in [7, 11) is 0. The zero-order chi connectivity index (χ0) is 57.8. The first-order chi connectivity index (χ1) is 39.5. The van der Waals surface area contributed by atoms with Gasteiger partial charge in [-0.2, -0.15) is 0 Å². The summed E-state index contributed by atoms with van der Waals surface area (Å²) in [6, 6.07) is 0. The van der Waals surface area contributed by atoms with Gasteiger partial charge in [0.2, 0.25) is 0 Å². The number of carbonyl (C=O) groups excluding carboxylic acids is 3. The molecule has 0 aromatic carbocycles. The summed E-state index contributed by atoms with van der Waals surface area (Å²) < 4.78 is 17.0. The molecule has 80 heavy (non-hydrogen) atoms. The van der Waals surface area contributed by atoms with Crippen LogP contribution in [0.1, 0.15) is 400 Å². The fraction of sp³-hybridized carbons (Fsp3) is 0.878. The average molecular weight is 1120 g/mol. The lowest BCUT2D eigenvalue weighted by molar-refractivity contribution is -0.167. The van der Waals surface area contributed by atoms with E-state index in [9.17, 15) is 14.4 Å². The molecule has 0 rings (SSSR count). The second-order valence-corrected chi connectivity index (χ2v) is 24.5. The molecule has 0 spiro atoms. The lowest BCUT2D eigenvalue weighted by Gasteiger charge is -2.18. The van der Waals surface area contributed by atoms with Crippen LogP contribution in [0.25, 0.3) is 0 Å². The van der Waals surface area contributed by atoms with Gasteiger partial charge in [0.25, 0.3) is 0 Å². The number of hydrogen-bond donors (Lipinski definition) is 0.